The minimum atomic E-state index is -3.61. The lowest BCUT2D eigenvalue weighted by atomic mass is 10.1. The quantitative estimate of drug-likeness (QED) is 0.523. The van der Waals surface area contributed by atoms with Gasteiger partial charge in [0.15, 0.2) is 0 Å². The summed E-state index contributed by atoms with van der Waals surface area (Å²) in [5.41, 5.74) is 0.977. The molecule has 2 atom stereocenters. The molecule has 0 aromatic heterocycles. The van der Waals surface area contributed by atoms with Gasteiger partial charge in [-0.3, -0.25) is 0 Å². The Hall–Kier alpha value is -1.73. The second kappa shape index (κ2) is 8.97. The number of hydrogen-bond donors (Lipinski definition) is 2. The van der Waals surface area contributed by atoms with Gasteiger partial charge in [0.25, 0.3) is 0 Å². The Balaban J connectivity index is 1.69. The fraction of sp³-hybridized carbons (Fsp3) is 0.143. The maximum absolute atomic E-state index is 12.7. The van der Waals surface area contributed by atoms with Gasteiger partial charge < -0.3 is 0 Å². The number of rotatable bonds is 7. The molecule has 3 aromatic rings. The van der Waals surface area contributed by atoms with Crippen LogP contribution in [0.4, 0.5) is 0 Å². The second-order valence-electron chi connectivity index (χ2n) is 6.15. The van der Waals surface area contributed by atoms with Crippen LogP contribution in [0.3, 0.4) is 0 Å². The first-order chi connectivity index (χ1) is 13.0. The zero-order valence-electron chi connectivity index (χ0n) is 14.8. The fourth-order valence-corrected chi connectivity index (χ4v) is 5.07. The van der Waals surface area contributed by atoms with Gasteiger partial charge in [-0.25, -0.2) is 13.1 Å². The molecule has 0 spiro atoms. The zero-order valence-corrected chi connectivity index (χ0v) is 17.3. The van der Waals surface area contributed by atoms with Crippen LogP contribution in [0.5, 0.6) is 0 Å². The standard InChI is InChI=1S/C21H21NO2S3/c1-16(21(25)17-8-4-2-5-9-17)22-27(23,24)20-14-12-19(13-15-20)26-18-10-6-3-7-11-18/h2-16,21-22,25H,1H3. The van der Waals surface area contributed by atoms with Gasteiger partial charge in [-0.1, -0.05) is 60.3 Å². The van der Waals surface area contributed by atoms with Crippen LogP contribution < -0.4 is 4.72 Å². The van der Waals surface area contributed by atoms with E-state index in [0.29, 0.717) is 0 Å². The van der Waals surface area contributed by atoms with Crippen molar-refractivity contribution >= 4 is 34.4 Å². The van der Waals surface area contributed by atoms with Crippen molar-refractivity contribution in [3.63, 3.8) is 0 Å². The molecular weight excluding hydrogens is 394 g/mol. The number of thiol groups is 1. The Bertz CT molecular complexity index is 959. The highest BCUT2D eigenvalue weighted by Crippen LogP contribution is 2.29. The number of benzene rings is 3. The molecule has 6 heteroatoms. The van der Waals surface area contributed by atoms with Crippen LogP contribution in [-0.2, 0) is 10.0 Å². The molecule has 0 aliphatic carbocycles. The summed E-state index contributed by atoms with van der Waals surface area (Å²) in [7, 11) is -3.61. The van der Waals surface area contributed by atoms with Crippen molar-refractivity contribution in [1.29, 1.82) is 0 Å². The van der Waals surface area contributed by atoms with Gasteiger partial charge in [0.05, 0.1) is 4.90 Å². The summed E-state index contributed by atoms with van der Waals surface area (Å²) in [6, 6.07) is 26.2. The largest absolute Gasteiger partial charge is 0.240 e. The molecule has 140 valence electrons. The van der Waals surface area contributed by atoms with Crippen LogP contribution in [0.1, 0.15) is 17.7 Å². The molecule has 0 fully saturated rings. The van der Waals surface area contributed by atoms with E-state index in [9.17, 15) is 8.42 Å². The summed E-state index contributed by atoms with van der Waals surface area (Å²) in [5.74, 6) is 0. The number of hydrogen-bond acceptors (Lipinski definition) is 4. The monoisotopic (exact) mass is 415 g/mol. The van der Waals surface area contributed by atoms with Crippen LogP contribution in [0.2, 0.25) is 0 Å². The van der Waals surface area contributed by atoms with Crippen molar-refractivity contribution in [2.75, 3.05) is 0 Å². The summed E-state index contributed by atoms with van der Waals surface area (Å²) in [5, 5.41) is -0.228. The number of sulfonamides is 1. The average Bonchev–Trinajstić information content (AvgIpc) is 2.69. The summed E-state index contributed by atoms with van der Waals surface area (Å²) in [6.45, 7) is 1.82. The Morgan fingerprint density at radius 2 is 1.33 bits per heavy atom. The van der Waals surface area contributed by atoms with Gasteiger partial charge in [-0.05, 0) is 48.9 Å². The molecule has 2 unspecified atom stereocenters. The summed E-state index contributed by atoms with van der Waals surface area (Å²) >= 11 is 6.18. The smallest absolute Gasteiger partial charge is 0.207 e. The van der Waals surface area contributed by atoms with Crippen molar-refractivity contribution in [3.05, 3.63) is 90.5 Å². The lowest BCUT2D eigenvalue weighted by Gasteiger charge is -2.21. The van der Waals surface area contributed by atoms with E-state index in [1.165, 1.54) is 0 Å². The van der Waals surface area contributed by atoms with Gasteiger partial charge in [0.2, 0.25) is 10.0 Å². The minimum Gasteiger partial charge on any atom is -0.207 e. The minimum absolute atomic E-state index is 0.228. The van der Waals surface area contributed by atoms with E-state index in [1.807, 2.05) is 79.7 Å². The van der Waals surface area contributed by atoms with Crippen LogP contribution >= 0.6 is 24.4 Å². The molecular formula is C21H21NO2S3. The van der Waals surface area contributed by atoms with Crippen LogP contribution in [0, 0.1) is 0 Å². The summed E-state index contributed by atoms with van der Waals surface area (Å²) in [4.78, 5) is 2.35. The molecule has 27 heavy (non-hydrogen) atoms. The van der Waals surface area contributed by atoms with E-state index >= 15 is 0 Å². The van der Waals surface area contributed by atoms with Crippen molar-refractivity contribution < 1.29 is 8.42 Å². The first-order valence-corrected chi connectivity index (χ1v) is 11.4. The van der Waals surface area contributed by atoms with Gasteiger partial charge in [-0.2, -0.15) is 12.6 Å². The van der Waals surface area contributed by atoms with E-state index in [2.05, 4.69) is 17.4 Å². The van der Waals surface area contributed by atoms with Gasteiger partial charge in [0.1, 0.15) is 0 Å². The van der Waals surface area contributed by atoms with E-state index < -0.39 is 10.0 Å². The molecule has 0 saturated carbocycles. The van der Waals surface area contributed by atoms with Crippen molar-refractivity contribution in [2.45, 2.75) is 32.9 Å². The first-order valence-electron chi connectivity index (χ1n) is 8.54. The van der Waals surface area contributed by atoms with Gasteiger partial charge in [0, 0.05) is 21.1 Å². The molecule has 1 N–H and O–H groups in total. The molecule has 0 radical (unpaired) electrons. The maximum Gasteiger partial charge on any atom is 0.240 e. The summed E-state index contributed by atoms with van der Waals surface area (Å²) < 4.78 is 28.1. The van der Waals surface area contributed by atoms with Crippen LogP contribution in [0.15, 0.2) is 99.6 Å². The van der Waals surface area contributed by atoms with Crippen LogP contribution in [0.25, 0.3) is 0 Å². The van der Waals surface area contributed by atoms with E-state index in [0.717, 1.165) is 15.4 Å². The highest BCUT2D eigenvalue weighted by atomic mass is 32.2. The predicted octanol–water partition coefficient (Wildman–Crippen LogP) is 5.18. The van der Waals surface area contributed by atoms with Gasteiger partial charge in [-0.15, -0.1) is 0 Å². The van der Waals surface area contributed by atoms with E-state index in [4.69, 9.17) is 0 Å². The zero-order chi connectivity index (χ0) is 19.3. The molecule has 0 aliphatic heterocycles. The molecule has 0 aliphatic rings. The highest BCUT2D eigenvalue weighted by Gasteiger charge is 2.22. The van der Waals surface area contributed by atoms with Crippen molar-refractivity contribution in [1.82, 2.24) is 4.72 Å². The fourth-order valence-electron chi connectivity index (χ4n) is 2.63. The topological polar surface area (TPSA) is 46.2 Å². The Morgan fingerprint density at radius 3 is 1.93 bits per heavy atom. The Kier molecular flexibility index (Phi) is 6.65. The van der Waals surface area contributed by atoms with E-state index in [1.54, 1.807) is 23.9 Å². The summed E-state index contributed by atoms with van der Waals surface area (Å²) in [6.07, 6.45) is 0. The third kappa shape index (κ3) is 5.39. The van der Waals surface area contributed by atoms with Crippen molar-refractivity contribution in [3.8, 4) is 0 Å². The predicted molar refractivity (Wildman–Crippen MR) is 115 cm³/mol. The third-order valence-corrected chi connectivity index (χ3v) is 7.40. The molecule has 3 aromatic carbocycles. The molecule has 0 heterocycles. The maximum atomic E-state index is 12.7. The SMILES string of the molecule is CC(NS(=O)(=O)c1ccc(Sc2ccccc2)cc1)C(S)c1ccccc1. The molecule has 3 rings (SSSR count). The Labute approximate surface area is 170 Å². The normalized spacial score (nSPS) is 13.9. The van der Waals surface area contributed by atoms with Crippen molar-refractivity contribution in [2.24, 2.45) is 0 Å². The molecule has 0 saturated heterocycles. The lowest BCUT2D eigenvalue weighted by Crippen LogP contribution is -2.35. The highest BCUT2D eigenvalue weighted by molar-refractivity contribution is 7.99. The van der Waals surface area contributed by atoms with Crippen LogP contribution in [-0.4, -0.2) is 14.5 Å². The third-order valence-electron chi connectivity index (χ3n) is 4.07. The average molecular weight is 416 g/mol. The van der Waals surface area contributed by atoms with E-state index in [-0.39, 0.29) is 16.2 Å². The molecule has 0 amide bonds. The second-order valence-corrected chi connectivity index (χ2v) is 9.57. The van der Waals surface area contributed by atoms with Gasteiger partial charge >= 0.3 is 0 Å². The molecule has 0 bridgehead atoms. The molecule has 3 nitrogen and oxygen atoms in total. The number of nitrogens with one attached hydrogen (secondary N) is 1. The lowest BCUT2D eigenvalue weighted by molar-refractivity contribution is 0.557. The first kappa shape index (κ1) is 20.0. The Morgan fingerprint density at radius 1 is 0.815 bits per heavy atom.